The zero-order valence-corrected chi connectivity index (χ0v) is 17.0. The molecule has 3 heterocycles. The molecular formula is C21H20F3N5O2. The molecule has 31 heavy (non-hydrogen) atoms. The maximum absolute atomic E-state index is 13.3. The van der Waals surface area contributed by atoms with Crippen LogP contribution in [-0.4, -0.2) is 62.6 Å². The molecule has 1 aromatic carbocycles. The number of rotatable bonds is 2. The molecule has 0 atom stereocenters. The van der Waals surface area contributed by atoms with Gasteiger partial charge in [0.05, 0.1) is 28.4 Å². The smallest absolute Gasteiger partial charge is 0.339 e. The normalized spacial score (nSPS) is 14.9. The van der Waals surface area contributed by atoms with Crippen molar-refractivity contribution in [3.05, 3.63) is 47.7 Å². The highest BCUT2D eigenvalue weighted by Crippen LogP contribution is 2.33. The second-order valence-corrected chi connectivity index (χ2v) is 7.44. The van der Waals surface area contributed by atoms with Gasteiger partial charge in [0.15, 0.2) is 5.65 Å². The molecule has 0 radical (unpaired) electrons. The van der Waals surface area contributed by atoms with Gasteiger partial charge in [-0.1, -0.05) is 12.1 Å². The van der Waals surface area contributed by atoms with Gasteiger partial charge in [-0.25, -0.2) is 4.98 Å². The highest BCUT2D eigenvalue weighted by molar-refractivity contribution is 6.06. The Bertz CT molecular complexity index is 1160. The van der Waals surface area contributed by atoms with E-state index in [1.54, 1.807) is 16.8 Å². The topological polar surface area (TPSA) is 71.3 Å². The fourth-order valence-corrected chi connectivity index (χ4v) is 3.69. The van der Waals surface area contributed by atoms with E-state index in [-0.39, 0.29) is 23.1 Å². The molecule has 0 spiro atoms. The average Bonchev–Trinajstić information content (AvgIpc) is 3.13. The number of pyridine rings is 1. The van der Waals surface area contributed by atoms with Crippen molar-refractivity contribution in [3.63, 3.8) is 0 Å². The molecule has 10 heteroatoms. The van der Waals surface area contributed by atoms with Gasteiger partial charge in [0, 0.05) is 45.7 Å². The molecule has 1 fully saturated rings. The summed E-state index contributed by atoms with van der Waals surface area (Å²) in [6.07, 6.45) is -2.96. The van der Waals surface area contributed by atoms with Crippen molar-refractivity contribution >= 4 is 22.8 Å². The first-order valence-electron chi connectivity index (χ1n) is 9.70. The molecule has 0 saturated carbocycles. The van der Waals surface area contributed by atoms with Gasteiger partial charge in [0.2, 0.25) is 5.91 Å². The quantitative estimate of drug-likeness (QED) is 0.626. The summed E-state index contributed by atoms with van der Waals surface area (Å²) in [5.74, 6) is -0.311. The van der Waals surface area contributed by atoms with Gasteiger partial charge in [-0.3, -0.25) is 14.3 Å². The number of fused-ring (bicyclic) bond motifs is 1. The van der Waals surface area contributed by atoms with E-state index >= 15 is 0 Å². The van der Waals surface area contributed by atoms with Crippen LogP contribution in [-0.2, 0) is 18.0 Å². The summed E-state index contributed by atoms with van der Waals surface area (Å²) in [5.41, 5.74) is 0.453. The molecule has 1 aliphatic heterocycles. The van der Waals surface area contributed by atoms with Crippen LogP contribution >= 0.6 is 0 Å². The standard InChI is InChI=1S/C21H20F3N5O2/c1-13(30)28-6-8-29(9-7-28)20(31)16-11-18(26-19-17(16)12-25-27(19)2)14-4-3-5-15(10-14)21(22,23)24/h3-5,10-12H,6-9H2,1-2H3. The second-order valence-electron chi connectivity index (χ2n) is 7.44. The summed E-state index contributed by atoms with van der Waals surface area (Å²) < 4.78 is 41.0. The lowest BCUT2D eigenvalue weighted by Gasteiger charge is -2.34. The van der Waals surface area contributed by atoms with Crippen LogP contribution in [0.4, 0.5) is 13.2 Å². The fourth-order valence-electron chi connectivity index (χ4n) is 3.69. The number of aromatic nitrogens is 3. The summed E-state index contributed by atoms with van der Waals surface area (Å²) in [7, 11) is 1.66. The lowest BCUT2D eigenvalue weighted by molar-refractivity contribution is -0.137. The van der Waals surface area contributed by atoms with Crippen molar-refractivity contribution in [2.75, 3.05) is 26.2 Å². The summed E-state index contributed by atoms with van der Waals surface area (Å²) in [6, 6.07) is 6.37. The first-order chi connectivity index (χ1) is 14.6. The molecule has 4 rings (SSSR count). The number of halogens is 3. The Labute approximate surface area is 176 Å². The Morgan fingerprint density at radius 2 is 1.71 bits per heavy atom. The molecule has 3 aromatic rings. The number of carbonyl (C=O) groups excluding carboxylic acids is 2. The summed E-state index contributed by atoms with van der Waals surface area (Å²) >= 11 is 0. The molecule has 2 aromatic heterocycles. The highest BCUT2D eigenvalue weighted by Gasteiger charge is 2.31. The van der Waals surface area contributed by atoms with Crippen molar-refractivity contribution in [2.24, 2.45) is 7.05 Å². The van der Waals surface area contributed by atoms with Crippen LogP contribution in [0.15, 0.2) is 36.5 Å². The van der Waals surface area contributed by atoms with Crippen LogP contribution in [0.2, 0.25) is 0 Å². The minimum Gasteiger partial charge on any atom is -0.339 e. The number of piperazine rings is 1. The largest absolute Gasteiger partial charge is 0.416 e. The molecule has 1 aliphatic rings. The fraction of sp³-hybridized carbons (Fsp3) is 0.333. The number of benzene rings is 1. The Hall–Kier alpha value is -3.43. The van der Waals surface area contributed by atoms with Crippen LogP contribution in [0.5, 0.6) is 0 Å². The predicted molar refractivity (Wildman–Crippen MR) is 107 cm³/mol. The number of aryl methyl sites for hydroxylation is 1. The average molecular weight is 431 g/mol. The van der Waals surface area contributed by atoms with Gasteiger partial charge in [0.1, 0.15) is 0 Å². The molecule has 1 saturated heterocycles. The Morgan fingerprint density at radius 1 is 1.03 bits per heavy atom. The monoisotopic (exact) mass is 431 g/mol. The van der Waals surface area contributed by atoms with E-state index in [0.717, 1.165) is 12.1 Å². The van der Waals surface area contributed by atoms with Crippen molar-refractivity contribution in [1.29, 1.82) is 0 Å². The third-order valence-electron chi connectivity index (χ3n) is 5.43. The Morgan fingerprint density at radius 3 is 2.35 bits per heavy atom. The van der Waals surface area contributed by atoms with Gasteiger partial charge >= 0.3 is 6.18 Å². The van der Waals surface area contributed by atoms with Crippen LogP contribution in [0.1, 0.15) is 22.8 Å². The van der Waals surface area contributed by atoms with Gasteiger partial charge in [-0.05, 0) is 18.2 Å². The van der Waals surface area contributed by atoms with Crippen LogP contribution in [0, 0.1) is 0 Å². The van der Waals surface area contributed by atoms with Crippen molar-refractivity contribution in [1.82, 2.24) is 24.6 Å². The van der Waals surface area contributed by atoms with Gasteiger partial charge in [0.25, 0.3) is 5.91 Å². The van der Waals surface area contributed by atoms with Crippen molar-refractivity contribution in [3.8, 4) is 11.3 Å². The third kappa shape index (κ3) is 3.97. The SMILES string of the molecule is CC(=O)N1CCN(C(=O)c2cc(-c3cccc(C(F)(F)F)c3)nc3c2cnn3C)CC1. The van der Waals surface area contributed by atoms with E-state index in [0.29, 0.717) is 42.8 Å². The molecule has 0 N–H and O–H groups in total. The molecular weight excluding hydrogens is 411 g/mol. The van der Waals surface area contributed by atoms with Gasteiger partial charge in [-0.2, -0.15) is 18.3 Å². The first kappa shape index (κ1) is 20.8. The van der Waals surface area contributed by atoms with Crippen LogP contribution < -0.4 is 0 Å². The maximum atomic E-state index is 13.3. The van der Waals surface area contributed by atoms with Crippen LogP contribution in [0.25, 0.3) is 22.3 Å². The summed E-state index contributed by atoms with van der Waals surface area (Å²) in [5, 5.41) is 4.69. The number of alkyl halides is 3. The first-order valence-corrected chi connectivity index (χ1v) is 9.70. The van der Waals surface area contributed by atoms with Gasteiger partial charge in [-0.15, -0.1) is 0 Å². The van der Waals surface area contributed by atoms with Crippen molar-refractivity contribution < 1.29 is 22.8 Å². The molecule has 162 valence electrons. The number of nitrogens with zero attached hydrogens (tertiary/aromatic N) is 5. The summed E-state index contributed by atoms with van der Waals surface area (Å²) in [6.45, 7) is 3.11. The number of hydrogen-bond acceptors (Lipinski definition) is 4. The zero-order chi connectivity index (χ0) is 22.3. The molecule has 0 unspecified atom stereocenters. The van der Waals surface area contributed by atoms with E-state index < -0.39 is 11.7 Å². The number of hydrogen-bond donors (Lipinski definition) is 0. The Balaban J connectivity index is 1.75. The van der Waals surface area contributed by atoms with Crippen LogP contribution in [0.3, 0.4) is 0 Å². The Kier molecular flexibility index (Phi) is 5.16. The minimum atomic E-state index is -4.48. The molecule has 0 bridgehead atoms. The van der Waals surface area contributed by atoms with E-state index in [1.165, 1.54) is 36.0 Å². The highest BCUT2D eigenvalue weighted by atomic mass is 19.4. The molecule has 2 amide bonds. The zero-order valence-electron chi connectivity index (χ0n) is 17.0. The van der Waals surface area contributed by atoms with E-state index in [2.05, 4.69) is 10.1 Å². The van der Waals surface area contributed by atoms with Crippen molar-refractivity contribution in [2.45, 2.75) is 13.1 Å². The van der Waals surface area contributed by atoms with E-state index in [4.69, 9.17) is 0 Å². The second kappa shape index (κ2) is 7.68. The lowest BCUT2D eigenvalue weighted by atomic mass is 10.0. The number of carbonyl (C=O) groups is 2. The van der Waals surface area contributed by atoms with E-state index in [1.807, 2.05) is 0 Å². The van der Waals surface area contributed by atoms with Gasteiger partial charge < -0.3 is 9.80 Å². The summed E-state index contributed by atoms with van der Waals surface area (Å²) in [4.78, 5) is 32.6. The lowest BCUT2D eigenvalue weighted by Crippen LogP contribution is -2.50. The maximum Gasteiger partial charge on any atom is 0.416 e. The molecule has 7 nitrogen and oxygen atoms in total. The number of amides is 2. The predicted octanol–water partition coefficient (Wildman–Crippen LogP) is 2.96. The van der Waals surface area contributed by atoms with E-state index in [9.17, 15) is 22.8 Å². The minimum absolute atomic E-state index is 0.0440. The molecule has 0 aliphatic carbocycles. The third-order valence-corrected chi connectivity index (χ3v) is 5.43.